The van der Waals surface area contributed by atoms with Gasteiger partial charge in [-0.3, -0.25) is 9.59 Å². The zero-order chi connectivity index (χ0) is 17.8. The van der Waals surface area contributed by atoms with E-state index in [2.05, 4.69) is 10.6 Å². The van der Waals surface area contributed by atoms with Crippen molar-refractivity contribution in [1.82, 2.24) is 0 Å². The number of hydrogen-bond acceptors (Lipinski definition) is 5. The first-order chi connectivity index (χ1) is 12.1. The molecule has 1 heterocycles. The highest BCUT2D eigenvalue weighted by Gasteiger charge is 2.18. The number of fused-ring (bicyclic) bond motifs is 1. The lowest BCUT2D eigenvalue weighted by Crippen LogP contribution is -2.25. The first-order valence-corrected chi connectivity index (χ1v) is 7.79. The van der Waals surface area contributed by atoms with Crippen LogP contribution < -0.4 is 24.8 Å². The van der Waals surface area contributed by atoms with Crippen molar-refractivity contribution in [3.05, 3.63) is 42.0 Å². The summed E-state index contributed by atoms with van der Waals surface area (Å²) in [5.74, 6) is 1.12. The fourth-order valence-electron chi connectivity index (χ4n) is 2.45. The van der Waals surface area contributed by atoms with E-state index in [1.807, 2.05) is 6.92 Å². The van der Waals surface area contributed by atoms with Gasteiger partial charge in [0.05, 0.1) is 19.4 Å². The van der Waals surface area contributed by atoms with Crippen LogP contribution in [0.4, 0.5) is 11.4 Å². The molecule has 0 saturated heterocycles. The Bertz CT molecular complexity index is 819. The Balaban J connectivity index is 1.78. The third kappa shape index (κ3) is 3.65. The Labute approximate surface area is 144 Å². The molecule has 1 aliphatic rings. The van der Waals surface area contributed by atoms with Gasteiger partial charge in [0.25, 0.3) is 11.8 Å². The van der Waals surface area contributed by atoms with E-state index in [1.165, 1.54) is 7.11 Å². The molecule has 7 nitrogen and oxygen atoms in total. The maximum atomic E-state index is 12.5. The summed E-state index contributed by atoms with van der Waals surface area (Å²) in [6.45, 7) is 2.38. The molecule has 7 heteroatoms. The molecular formula is C18H18N2O5. The second kappa shape index (κ2) is 7.12. The van der Waals surface area contributed by atoms with E-state index in [0.717, 1.165) is 0 Å². The highest BCUT2D eigenvalue weighted by Crippen LogP contribution is 2.31. The van der Waals surface area contributed by atoms with Crippen LogP contribution in [-0.4, -0.2) is 32.1 Å². The first-order valence-electron chi connectivity index (χ1n) is 7.79. The summed E-state index contributed by atoms with van der Waals surface area (Å²) in [6.07, 6.45) is 0. The minimum Gasteiger partial charge on any atom is -0.493 e. The molecule has 0 aromatic heterocycles. The minimum absolute atomic E-state index is 0.0233. The van der Waals surface area contributed by atoms with Crippen LogP contribution >= 0.6 is 0 Å². The Hall–Kier alpha value is -3.22. The van der Waals surface area contributed by atoms with Gasteiger partial charge in [-0.1, -0.05) is 0 Å². The minimum atomic E-state index is -0.311. The average molecular weight is 342 g/mol. The van der Waals surface area contributed by atoms with Crippen LogP contribution in [0.5, 0.6) is 17.2 Å². The fourth-order valence-corrected chi connectivity index (χ4v) is 2.45. The number of methoxy groups -OCH3 is 1. The summed E-state index contributed by atoms with van der Waals surface area (Å²) in [5.41, 5.74) is 1.45. The first kappa shape index (κ1) is 16.6. The van der Waals surface area contributed by atoms with Gasteiger partial charge in [0, 0.05) is 17.3 Å². The standard InChI is InChI=1S/C18H18N2O5/c1-3-24-15-7-5-12(9-16(15)23-2)19-18(22)11-4-6-14-13(8-11)20-17(21)10-25-14/h4-9H,3,10H2,1-2H3,(H,19,22)(H,20,21). The summed E-state index contributed by atoms with van der Waals surface area (Å²) < 4.78 is 16.0. The van der Waals surface area contributed by atoms with E-state index in [0.29, 0.717) is 40.8 Å². The predicted molar refractivity (Wildman–Crippen MR) is 92.7 cm³/mol. The zero-order valence-electron chi connectivity index (χ0n) is 13.9. The summed E-state index contributed by atoms with van der Waals surface area (Å²) in [5, 5.41) is 5.47. The van der Waals surface area contributed by atoms with Crippen LogP contribution in [0.3, 0.4) is 0 Å². The third-order valence-electron chi connectivity index (χ3n) is 3.60. The normalized spacial score (nSPS) is 12.5. The molecule has 0 spiro atoms. The molecule has 0 bridgehead atoms. The Morgan fingerprint density at radius 2 is 2.08 bits per heavy atom. The van der Waals surface area contributed by atoms with Gasteiger partial charge >= 0.3 is 0 Å². The number of amides is 2. The van der Waals surface area contributed by atoms with Crippen LogP contribution in [0, 0.1) is 0 Å². The van der Waals surface area contributed by atoms with Gasteiger partial charge in [0.1, 0.15) is 5.75 Å². The highest BCUT2D eigenvalue weighted by molar-refractivity contribution is 6.06. The van der Waals surface area contributed by atoms with Crippen molar-refractivity contribution in [2.75, 3.05) is 31.0 Å². The van der Waals surface area contributed by atoms with Crippen molar-refractivity contribution in [1.29, 1.82) is 0 Å². The van der Waals surface area contributed by atoms with Crippen molar-refractivity contribution in [2.24, 2.45) is 0 Å². The Morgan fingerprint density at radius 3 is 2.84 bits per heavy atom. The summed E-state index contributed by atoms with van der Waals surface area (Å²) in [6, 6.07) is 10.0. The monoisotopic (exact) mass is 342 g/mol. The molecule has 0 radical (unpaired) electrons. The predicted octanol–water partition coefficient (Wildman–Crippen LogP) is 2.68. The molecule has 0 aliphatic carbocycles. The van der Waals surface area contributed by atoms with Crippen LogP contribution in [0.1, 0.15) is 17.3 Å². The lowest BCUT2D eigenvalue weighted by molar-refractivity contribution is -0.118. The summed E-state index contributed by atoms with van der Waals surface area (Å²) in [4.78, 5) is 23.8. The highest BCUT2D eigenvalue weighted by atomic mass is 16.5. The van der Waals surface area contributed by atoms with E-state index in [4.69, 9.17) is 14.2 Å². The van der Waals surface area contributed by atoms with Gasteiger partial charge in [-0.05, 0) is 37.3 Å². The lowest BCUT2D eigenvalue weighted by atomic mass is 10.1. The number of benzene rings is 2. The summed E-state index contributed by atoms with van der Waals surface area (Å²) >= 11 is 0. The molecule has 2 amide bonds. The van der Waals surface area contributed by atoms with Crippen LogP contribution in [0.25, 0.3) is 0 Å². The Kier molecular flexibility index (Phi) is 4.74. The van der Waals surface area contributed by atoms with Crippen molar-refractivity contribution in [2.45, 2.75) is 6.92 Å². The zero-order valence-corrected chi connectivity index (χ0v) is 13.9. The number of carbonyl (C=O) groups is 2. The van der Waals surface area contributed by atoms with E-state index >= 15 is 0 Å². The topological polar surface area (TPSA) is 85.9 Å². The number of ether oxygens (including phenoxy) is 3. The van der Waals surface area contributed by atoms with Gasteiger partial charge in [-0.2, -0.15) is 0 Å². The molecule has 2 aromatic rings. The van der Waals surface area contributed by atoms with Crippen LogP contribution in [-0.2, 0) is 4.79 Å². The van der Waals surface area contributed by atoms with Gasteiger partial charge in [-0.25, -0.2) is 0 Å². The van der Waals surface area contributed by atoms with E-state index < -0.39 is 0 Å². The molecule has 130 valence electrons. The van der Waals surface area contributed by atoms with Gasteiger partial charge in [0.2, 0.25) is 0 Å². The smallest absolute Gasteiger partial charge is 0.262 e. The van der Waals surface area contributed by atoms with Crippen LogP contribution in [0.15, 0.2) is 36.4 Å². The largest absolute Gasteiger partial charge is 0.493 e. The quantitative estimate of drug-likeness (QED) is 0.872. The van der Waals surface area contributed by atoms with E-state index in [-0.39, 0.29) is 18.4 Å². The van der Waals surface area contributed by atoms with E-state index in [9.17, 15) is 9.59 Å². The average Bonchev–Trinajstić information content (AvgIpc) is 2.62. The fraction of sp³-hybridized carbons (Fsp3) is 0.222. The molecule has 25 heavy (non-hydrogen) atoms. The van der Waals surface area contributed by atoms with Crippen molar-refractivity contribution in [3.8, 4) is 17.2 Å². The summed E-state index contributed by atoms with van der Waals surface area (Å²) in [7, 11) is 1.54. The Morgan fingerprint density at radius 1 is 1.24 bits per heavy atom. The van der Waals surface area contributed by atoms with E-state index in [1.54, 1.807) is 36.4 Å². The molecule has 0 atom stereocenters. The second-order valence-electron chi connectivity index (χ2n) is 5.30. The van der Waals surface area contributed by atoms with Crippen LogP contribution in [0.2, 0.25) is 0 Å². The molecule has 2 N–H and O–H groups in total. The lowest BCUT2D eigenvalue weighted by Gasteiger charge is -2.18. The molecular weight excluding hydrogens is 324 g/mol. The molecule has 1 aliphatic heterocycles. The van der Waals surface area contributed by atoms with Crippen molar-refractivity contribution < 1.29 is 23.8 Å². The molecule has 0 saturated carbocycles. The number of hydrogen-bond donors (Lipinski definition) is 2. The molecule has 0 fully saturated rings. The second-order valence-corrected chi connectivity index (χ2v) is 5.30. The van der Waals surface area contributed by atoms with Gasteiger partial charge < -0.3 is 24.8 Å². The van der Waals surface area contributed by atoms with Crippen molar-refractivity contribution in [3.63, 3.8) is 0 Å². The maximum absolute atomic E-state index is 12.5. The molecule has 0 unspecified atom stereocenters. The SMILES string of the molecule is CCOc1ccc(NC(=O)c2ccc3c(c2)NC(=O)CO3)cc1OC. The van der Waals surface area contributed by atoms with Crippen molar-refractivity contribution >= 4 is 23.2 Å². The molecule has 2 aromatic carbocycles. The molecule has 3 rings (SSSR count). The number of carbonyl (C=O) groups excluding carboxylic acids is 2. The maximum Gasteiger partial charge on any atom is 0.262 e. The van der Waals surface area contributed by atoms with Gasteiger partial charge in [0.15, 0.2) is 18.1 Å². The third-order valence-corrected chi connectivity index (χ3v) is 3.60. The number of anilines is 2. The number of rotatable bonds is 5. The number of nitrogens with one attached hydrogen (secondary N) is 2. The van der Waals surface area contributed by atoms with Gasteiger partial charge in [-0.15, -0.1) is 0 Å².